The molecule has 1 aliphatic heterocycles. The number of aromatic nitrogens is 3. The molecule has 3 aromatic rings. The van der Waals surface area contributed by atoms with Crippen molar-refractivity contribution in [3.8, 4) is 0 Å². The van der Waals surface area contributed by atoms with Gasteiger partial charge in [-0.25, -0.2) is 19.4 Å². The molecular weight excluding hydrogens is 480 g/mol. The lowest BCUT2D eigenvalue weighted by atomic mass is 10.1. The average Bonchev–Trinajstić information content (AvgIpc) is 2.86. The summed E-state index contributed by atoms with van der Waals surface area (Å²) in [5.41, 5.74) is 0.439. The number of nitrogens with one attached hydrogen (secondary N) is 2. The quantitative estimate of drug-likeness (QED) is 0.277. The third-order valence-corrected chi connectivity index (χ3v) is 5.23. The number of alkyl halides is 3. The van der Waals surface area contributed by atoms with Crippen LogP contribution in [0.5, 0.6) is 0 Å². The molecule has 3 heterocycles. The van der Waals surface area contributed by atoms with Crippen LogP contribution < -0.4 is 20.4 Å². The summed E-state index contributed by atoms with van der Waals surface area (Å²) >= 11 is 0. The molecule has 4 rings (SSSR count). The Balaban J connectivity index is 1.41. The standard InChI is InChI=1S/C23H24F4N8O/c1-34(2)18-10-15(23(25,26)27)9-17(11-18)32-16-3-4-20(28-12-16)30-14-31-22-29-13-19(24)21(33-22)35-5-7-36-8-6-35/h3-4,9-14,32H,5-8H2,1-2H3,(H,28,29,30,31,33). The van der Waals surface area contributed by atoms with Crippen LogP contribution >= 0.6 is 0 Å². The van der Waals surface area contributed by atoms with E-state index in [0.717, 1.165) is 18.3 Å². The monoisotopic (exact) mass is 504 g/mol. The van der Waals surface area contributed by atoms with Crippen molar-refractivity contribution in [2.45, 2.75) is 6.18 Å². The van der Waals surface area contributed by atoms with E-state index in [1.807, 2.05) is 0 Å². The summed E-state index contributed by atoms with van der Waals surface area (Å²) in [7, 11) is 3.34. The van der Waals surface area contributed by atoms with Crippen molar-refractivity contribution in [3.05, 3.63) is 54.1 Å². The Morgan fingerprint density at radius 1 is 1.06 bits per heavy atom. The van der Waals surface area contributed by atoms with E-state index in [9.17, 15) is 17.6 Å². The van der Waals surface area contributed by atoms with Crippen molar-refractivity contribution in [2.75, 3.05) is 60.8 Å². The van der Waals surface area contributed by atoms with Crippen molar-refractivity contribution in [1.29, 1.82) is 0 Å². The van der Waals surface area contributed by atoms with Gasteiger partial charge in [-0.05, 0) is 30.3 Å². The number of morpholine rings is 1. The van der Waals surface area contributed by atoms with Crippen molar-refractivity contribution in [3.63, 3.8) is 0 Å². The molecule has 0 amide bonds. The van der Waals surface area contributed by atoms with E-state index in [0.29, 0.717) is 43.5 Å². The van der Waals surface area contributed by atoms with Crippen LogP contribution in [0, 0.1) is 5.82 Å². The highest BCUT2D eigenvalue weighted by molar-refractivity contribution is 5.76. The van der Waals surface area contributed by atoms with Crippen molar-refractivity contribution in [2.24, 2.45) is 4.99 Å². The molecule has 0 saturated carbocycles. The Bertz CT molecular complexity index is 1210. The van der Waals surface area contributed by atoms with E-state index in [4.69, 9.17) is 4.74 Å². The molecule has 2 aromatic heterocycles. The fraction of sp³-hybridized carbons (Fsp3) is 0.304. The van der Waals surface area contributed by atoms with Gasteiger partial charge in [0.05, 0.1) is 43.2 Å². The van der Waals surface area contributed by atoms with Gasteiger partial charge in [0.15, 0.2) is 11.6 Å². The number of nitrogens with zero attached hydrogens (tertiary/aromatic N) is 6. The Kier molecular flexibility index (Phi) is 7.48. The van der Waals surface area contributed by atoms with Gasteiger partial charge in [-0.2, -0.15) is 18.2 Å². The largest absolute Gasteiger partial charge is 0.416 e. The zero-order valence-corrected chi connectivity index (χ0v) is 19.6. The second-order valence-electron chi connectivity index (χ2n) is 8.06. The summed E-state index contributed by atoms with van der Waals surface area (Å²) in [6.45, 7) is 2.03. The molecule has 36 heavy (non-hydrogen) atoms. The van der Waals surface area contributed by atoms with E-state index in [2.05, 4.69) is 30.6 Å². The lowest BCUT2D eigenvalue weighted by Gasteiger charge is -2.27. The number of hydrogen-bond donors (Lipinski definition) is 2. The molecule has 9 nitrogen and oxygen atoms in total. The van der Waals surface area contributed by atoms with Crippen LogP contribution in [0.15, 0.2) is 47.7 Å². The van der Waals surface area contributed by atoms with Crippen molar-refractivity contribution >= 4 is 41.0 Å². The lowest BCUT2D eigenvalue weighted by Crippen LogP contribution is -2.37. The molecule has 190 valence electrons. The van der Waals surface area contributed by atoms with Crippen LogP contribution in [0.4, 0.5) is 52.2 Å². The van der Waals surface area contributed by atoms with Gasteiger partial charge in [0, 0.05) is 38.6 Å². The maximum absolute atomic E-state index is 14.1. The van der Waals surface area contributed by atoms with Gasteiger partial charge >= 0.3 is 6.18 Å². The van der Waals surface area contributed by atoms with E-state index in [-0.39, 0.29) is 17.5 Å². The van der Waals surface area contributed by atoms with E-state index in [1.165, 1.54) is 12.5 Å². The first-order valence-electron chi connectivity index (χ1n) is 11.0. The molecule has 1 aliphatic rings. The first-order valence-corrected chi connectivity index (χ1v) is 11.0. The highest BCUT2D eigenvalue weighted by Crippen LogP contribution is 2.35. The molecule has 1 fully saturated rings. The third-order valence-electron chi connectivity index (χ3n) is 5.23. The van der Waals surface area contributed by atoms with Gasteiger partial charge in [0.1, 0.15) is 5.82 Å². The summed E-state index contributed by atoms with van der Waals surface area (Å²) in [6, 6.07) is 7.02. The molecule has 0 radical (unpaired) electrons. The van der Waals surface area contributed by atoms with E-state index in [1.54, 1.807) is 42.1 Å². The lowest BCUT2D eigenvalue weighted by molar-refractivity contribution is -0.137. The fourth-order valence-electron chi connectivity index (χ4n) is 3.39. The molecule has 13 heteroatoms. The smallest absolute Gasteiger partial charge is 0.378 e. The molecule has 1 saturated heterocycles. The van der Waals surface area contributed by atoms with Crippen LogP contribution in [0.3, 0.4) is 0 Å². The van der Waals surface area contributed by atoms with Gasteiger partial charge in [-0.15, -0.1) is 0 Å². The van der Waals surface area contributed by atoms with Gasteiger partial charge in [-0.3, -0.25) is 0 Å². The zero-order valence-electron chi connectivity index (χ0n) is 19.6. The van der Waals surface area contributed by atoms with Crippen LogP contribution in [0.1, 0.15) is 5.56 Å². The molecule has 0 spiro atoms. The number of halogens is 4. The molecule has 1 aromatic carbocycles. The van der Waals surface area contributed by atoms with Gasteiger partial charge in [0.2, 0.25) is 0 Å². The summed E-state index contributed by atoms with van der Waals surface area (Å²) in [6.07, 6.45) is -0.609. The van der Waals surface area contributed by atoms with Crippen molar-refractivity contribution < 1.29 is 22.3 Å². The van der Waals surface area contributed by atoms with Crippen LogP contribution in [0.2, 0.25) is 0 Å². The second-order valence-corrected chi connectivity index (χ2v) is 8.06. The Morgan fingerprint density at radius 2 is 1.83 bits per heavy atom. The Morgan fingerprint density at radius 3 is 2.50 bits per heavy atom. The number of ether oxygens (including phenoxy) is 1. The molecule has 0 bridgehead atoms. The van der Waals surface area contributed by atoms with E-state index < -0.39 is 17.6 Å². The fourth-order valence-corrected chi connectivity index (χ4v) is 3.39. The third kappa shape index (κ3) is 6.36. The normalized spacial score (nSPS) is 14.2. The first-order chi connectivity index (χ1) is 17.2. The maximum atomic E-state index is 14.1. The molecule has 0 atom stereocenters. The Hall–Kier alpha value is -4.00. The van der Waals surface area contributed by atoms with Crippen LogP contribution in [-0.2, 0) is 10.9 Å². The summed E-state index contributed by atoms with van der Waals surface area (Å²) in [5, 5.41) is 5.80. The second kappa shape index (κ2) is 10.7. The first kappa shape index (κ1) is 25.1. The van der Waals surface area contributed by atoms with Gasteiger partial charge in [0.25, 0.3) is 5.95 Å². The number of hydrogen-bond acceptors (Lipinski definition) is 8. The van der Waals surface area contributed by atoms with Crippen LogP contribution in [0.25, 0.3) is 0 Å². The highest BCUT2D eigenvalue weighted by Gasteiger charge is 2.31. The number of anilines is 5. The van der Waals surface area contributed by atoms with Gasteiger partial charge < -0.3 is 25.2 Å². The van der Waals surface area contributed by atoms with E-state index >= 15 is 0 Å². The Labute approximate surface area is 204 Å². The zero-order chi connectivity index (χ0) is 25.7. The SMILES string of the molecule is CN(C)c1cc(Nc2ccc(NC=Nc3ncc(F)c(N4CCOCC4)n3)nc2)cc(C(F)(F)F)c1. The maximum Gasteiger partial charge on any atom is 0.416 e. The molecule has 0 unspecified atom stereocenters. The predicted octanol–water partition coefficient (Wildman–Crippen LogP) is 4.45. The summed E-state index contributed by atoms with van der Waals surface area (Å²) in [5.74, 6) is 0.135. The number of pyridine rings is 1. The minimum atomic E-state index is -4.47. The number of aliphatic imine (C=N–C) groups is 1. The van der Waals surface area contributed by atoms with Crippen LogP contribution in [-0.4, -0.2) is 61.7 Å². The molecular formula is C23H24F4N8O. The highest BCUT2D eigenvalue weighted by atomic mass is 19.4. The molecule has 2 N–H and O–H groups in total. The summed E-state index contributed by atoms with van der Waals surface area (Å²) in [4.78, 5) is 19.7. The van der Waals surface area contributed by atoms with Crippen molar-refractivity contribution in [1.82, 2.24) is 15.0 Å². The number of rotatable bonds is 7. The predicted molar refractivity (Wildman–Crippen MR) is 130 cm³/mol. The van der Waals surface area contributed by atoms with Gasteiger partial charge in [-0.1, -0.05) is 0 Å². The summed E-state index contributed by atoms with van der Waals surface area (Å²) < 4.78 is 59.2. The number of benzene rings is 1. The topological polar surface area (TPSA) is 90.8 Å². The minimum absolute atomic E-state index is 0.0740. The molecule has 0 aliphatic carbocycles. The minimum Gasteiger partial charge on any atom is -0.378 e. The average molecular weight is 504 g/mol.